The number of rotatable bonds is 7. The van der Waals surface area contributed by atoms with Crippen molar-refractivity contribution in [2.24, 2.45) is 5.92 Å². The van der Waals surface area contributed by atoms with Crippen molar-refractivity contribution in [3.05, 3.63) is 23.8 Å². The van der Waals surface area contributed by atoms with Crippen LogP contribution in [0.25, 0.3) is 0 Å². The molecular formula is C24H37N3O4S. The van der Waals surface area contributed by atoms with E-state index in [9.17, 15) is 18.0 Å². The topological polar surface area (TPSA) is 104 Å². The predicted molar refractivity (Wildman–Crippen MR) is 126 cm³/mol. The molecule has 0 bridgehead atoms. The Morgan fingerprint density at radius 1 is 1.06 bits per heavy atom. The molecule has 32 heavy (non-hydrogen) atoms. The van der Waals surface area contributed by atoms with Crippen molar-refractivity contribution >= 4 is 27.5 Å². The Labute approximate surface area is 192 Å². The van der Waals surface area contributed by atoms with Crippen LogP contribution in [0.1, 0.15) is 83.6 Å². The fourth-order valence-electron chi connectivity index (χ4n) is 4.56. The Balaban J connectivity index is 1.74. The third kappa shape index (κ3) is 7.04. The van der Waals surface area contributed by atoms with E-state index in [0.29, 0.717) is 31.4 Å². The van der Waals surface area contributed by atoms with Crippen LogP contribution in [0.15, 0.2) is 23.1 Å². The lowest BCUT2D eigenvalue weighted by Crippen LogP contribution is -2.50. The highest BCUT2D eigenvalue weighted by Crippen LogP contribution is 2.25. The molecule has 1 aliphatic carbocycles. The molecule has 2 aliphatic rings. The smallest absolute Gasteiger partial charge is 0.241 e. The summed E-state index contributed by atoms with van der Waals surface area (Å²) in [5, 5.41) is 5.94. The van der Waals surface area contributed by atoms with Crippen molar-refractivity contribution in [2.45, 2.75) is 101 Å². The van der Waals surface area contributed by atoms with Crippen LogP contribution in [-0.4, -0.2) is 32.3 Å². The number of sulfonamides is 1. The van der Waals surface area contributed by atoms with Gasteiger partial charge < -0.3 is 10.6 Å². The molecule has 1 heterocycles. The number of aryl methyl sites for hydroxylation is 1. The molecule has 0 radical (unpaired) electrons. The van der Waals surface area contributed by atoms with Crippen molar-refractivity contribution in [2.75, 3.05) is 5.32 Å². The quantitative estimate of drug-likeness (QED) is 0.571. The van der Waals surface area contributed by atoms with Gasteiger partial charge in [-0.3, -0.25) is 9.59 Å². The Morgan fingerprint density at radius 3 is 2.44 bits per heavy atom. The molecule has 3 rings (SSSR count). The van der Waals surface area contributed by atoms with Crippen LogP contribution in [0, 0.1) is 5.92 Å². The van der Waals surface area contributed by atoms with Gasteiger partial charge in [-0.05, 0) is 61.8 Å². The number of nitrogens with one attached hydrogen (secondary N) is 3. The van der Waals surface area contributed by atoms with Gasteiger partial charge in [-0.25, -0.2) is 8.42 Å². The second-order valence-electron chi connectivity index (χ2n) is 9.57. The zero-order valence-corrected chi connectivity index (χ0v) is 20.1. The standard InChI is InChI=1S/C24H37N3O4S/c1-17(2)15-22(24(29)25-19-10-6-4-3-5-7-11-19)27-32(30,31)20-13-14-21-18(16-20)9-8-12-23(28)26-21/h13-14,16-17,19,22,27H,3-12,15H2,1-2H3,(H,25,29)(H,26,28). The SMILES string of the molecule is CC(C)CC(NS(=O)(=O)c1ccc2c(c1)CCCC(=O)N2)C(=O)NC1CCCCCCC1. The van der Waals surface area contributed by atoms with Gasteiger partial charge in [-0.15, -0.1) is 0 Å². The van der Waals surface area contributed by atoms with Crippen LogP contribution in [0.3, 0.4) is 0 Å². The molecule has 8 heteroatoms. The average molecular weight is 464 g/mol. The minimum atomic E-state index is -3.89. The van der Waals surface area contributed by atoms with E-state index in [4.69, 9.17) is 0 Å². The maximum atomic E-state index is 13.2. The van der Waals surface area contributed by atoms with Crippen LogP contribution in [-0.2, 0) is 26.0 Å². The van der Waals surface area contributed by atoms with E-state index in [0.717, 1.165) is 31.2 Å². The number of anilines is 1. The normalized spacial score (nSPS) is 19.3. The lowest BCUT2D eigenvalue weighted by Gasteiger charge is -2.25. The maximum absolute atomic E-state index is 13.2. The zero-order valence-electron chi connectivity index (χ0n) is 19.3. The van der Waals surface area contributed by atoms with Crippen LogP contribution in [0.4, 0.5) is 5.69 Å². The van der Waals surface area contributed by atoms with Gasteiger partial charge in [-0.1, -0.05) is 46.0 Å². The first-order chi connectivity index (χ1) is 15.2. The molecule has 0 spiro atoms. The number of amides is 2. The third-order valence-electron chi connectivity index (χ3n) is 6.28. The van der Waals surface area contributed by atoms with Gasteiger partial charge in [0.05, 0.1) is 4.90 Å². The molecule has 0 saturated heterocycles. The number of fused-ring (bicyclic) bond motifs is 1. The van der Waals surface area contributed by atoms with Gasteiger partial charge in [-0.2, -0.15) is 4.72 Å². The molecule has 1 aliphatic heterocycles. The minimum Gasteiger partial charge on any atom is -0.352 e. The Bertz CT molecular complexity index is 906. The summed E-state index contributed by atoms with van der Waals surface area (Å²) in [5.74, 6) is -0.136. The first-order valence-corrected chi connectivity index (χ1v) is 13.5. The highest BCUT2D eigenvalue weighted by Gasteiger charge is 2.29. The lowest BCUT2D eigenvalue weighted by molar-refractivity contribution is -0.124. The van der Waals surface area contributed by atoms with Crippen molar-refractivity contribution in [3.63, 3.8) is 0 Å². The summed E-state index contributed by atoms with van der Waals surface area (Å²) in [6.07, 6.45) is 9.87. The van der Waals surface area contributed by atoms with Gasteiger partial charge in [0.1, 0.15) is 6.04 Å². The molecule has 2 amide bonds. The van der Waals surface area contributed by atoms with E-state index in [1.54, 1.807) is 12.1 Å². The van der Waals surface area contributed by atoms with E-state index in [-0.39, 0.29) is 28.7 Å². The molecular weight excluding hydrogens is 426 g/mol. The Hall–Kier alpha value is -1.93. The first-order valence-electron chi connectivity index (χ1n) is 12.0. The van der Waals surface area contributed by atoms with E-state index >= 15 is 0 Å². The molecule has 3 N–H and O–H groups in total. The van der Waals surface area contributed by atoms with E-state index in [1.165, 1.54) is 25.3 Å². The fraction of sp³-hybridized carbons (Fsp3) is 0.667. The minimum absolute atomic E-state index is 0.0552. The molecule has 178 valence electrons. The molecule has 1 fully saturated rings. The number of hydrogen-bond donors (Lipinski definition) is 3. The molecule has 1 saturated carbocycles. The largest absolute Gasteiger partial charge is 0.352 e. The van der Waals surface area contributed by atoms with Crippen LogP contribution in [0.5, 0.6) is 0 Å². The predicted octanol–water partition coefficient (Wildman–Crippen LogP) is 3.88. The molecule has 1 unspecified atom stereocenters. The third-order valence-corrected chi connectivity index (χ3v) is 7.75. The number of hydrogen-bond acceptors (Lipinski definition) is 4. The Kier molecular flexibility index (Phi) is 8.71. The summed E-state index contributed by atoms with van der Waals surface area (Å²) in [6.45, 7) is 3.96. The van der Waals surface area contributed by atoms with Crippen molar-refractivity contribution < 1.29 is 18.0 Å². The van der Waals surface area contributed by atoms with Crippen molar-refractivity contribution in [1.29, 1.82) is 0 Å². The summed E-state index contributed by atoms with van der Waals surface area (Å²) < 4.78 is 29.0. The van der Waals surface area contributed by atoms with Crippen LogP contribution in [0.2, 0.25) is 0 Å². The molecule has 7 nitrogen and oxygen atoms in total. The van der Waals surface area contributed by atoms with Gasteiger partial charge in [0, 0.05) is 18.2 Å². The monoisotopic (exact) mass is 463 g/mol. The summed E-state index contributed by atoms with van der Waals surface area (Å²) >= 11 is 0. The van der Waals surface area contributed by atoms with Crippen molar-refractivity contribution in [1.82, 2.24) is 10.0 Å². The van der Waals surface area contributed by atoms with Gasteiger partial charge in [0.15, 0.2) is 0 Å². The van der Waals surface area contributed by atoms with Gasteiger partial charge in [0.2, 0.25) is 21.8 Å². The van der Waals surface area contributed by atoms with Crippen molar-refractivity contribution in [3.8, 4) is 0 Å². The second kappa shape index (κ2) is 11.3. The molecule has 0 aromatic heterocycles. The number of carbonyl (C=O) groups is 2. The lowest BCUT2D eigenvalue weighted by atomic mass is 9.96. The zero-order chi connectivity index (χ0) is 23.1. The van der Waals surface area contributed by atoms with E-state index < -0.39 is 16.1 Å². The maximum Gasteiger partial charge on any atom is 0.241 e. The second-order valence-corrected chi connectivity index (χ2v) is 11.3. The van der Waals surface area contributed by atoms with Crippen LogP contribution >= 0.6 is 0 Å². The highest BCUT2D eigenvalue weighted by molar-refractivity contribution is 7.89. The van der Waals surface area contributed by atoms with E-state index in [1.807, 2.05) is 13.8 Å². The number of benzene rings is 1. The Morgan fingerprint density at radius 2 is 1.75 bits per heavy atom. The first kappa shape index (κ1) is 24.7. The summed E-state index contributed by atoms with van der Waals surface area (Å²) in [7, 11) is -3.89. The molecule has 1 aromatic rings. The summed E-state index contributed by atoms with van der Waals surface area (Å²) in [4.78, 5) is 25.0. The average Bonchev–Trinajstić information content (AvgIpc) is 2.88. The summed E-state index contributed by atoms with van der Waals surface area (Å²) in [5.41, 5.74) is 1.46. The molecule has 1 aromatic carbocycles. The highest BCUT2D eigenvalue weighted by atomic mass is 32.2. The van der Waals surface area contributed by atoms with Gasteiger partial charge in [0.25, 0.3) is 0 Å². The summed E-state index contributed by atoms with van der Waals surface area (Å²) in [6, 6.07) is 4.04. The van der Waals surface area contributed by atoms with Crippen LogP contribution < -0.4 is 15.4 Å². The van der Waals surface area contributed by atoms with Gasteiger partial charge >= 0.3 is 0 Å². The van der Waals surface area contributed by atoms with E-state index in [2.05, 4.69) is 15.4 Å². The fourth-order valence-corrected chi connectivity index (χ4v) is 5.81. The number of carbonyl (C=O) groups excluding carboxylic acids is 2. The molecule has 1 atom stereocenters.